The smallest absolute Gasteiger partial charge is 0.155 e. The van der Waals surface area contributed by atoms with Gasteiger partial charge in [-0.25, -0.2) is 0 Å². The molecule has 1 spiro atoms. The summed E-state index contributed by atoms with van der Waals surface area (Å²) in [6, 6.07) is 95.9. The number of hydrogen-bond acceptors (Lipinski definition) is 2. The maximum absolute atomic E-state index is 2.57. The van der Waals surface area contributed by atoms with E-state index in [1.807, 2.05) is 11.8 Å². The summed E-state index contributed by atoms with van der Waals surface area (Å²) < 4.78 is 0. The molecular weight excluding hydrogens is 819 g/mol. The van der Waals surface area contributed by atoms with E-state index >= 15 is 0 Å². The lowest BCUT2D eigenvalue weighted by Crippen LogP contribution is -2.62. The van der Waals surface area contributed by atoms with Gasteiger partial charge in [0.15, 0.2) is 8.80 Å². The van der Waals surface area contributed by atoms with Crippen molar-refractivity contribution in [3.8, 4) is 11.1 Å². The first-order valence-corrected chi connectivity index (χ1v) is 24.8. The Morgan fingerprint density at radius 2 is 0.785 bits per heavy atom. The van der Waals surface area contributed by atoms with Crippen LogP contribution in [-0.4, -0.2) is 8.80 Å². The Balaban J connectivity index is 1.10. The number of hydrogen-bond donors (Lipinski definition) is 0. The van der Waals surface area contributed by atoms with E-state index < -0.39 is 19.6 Å². The monoisotopic (exact) mass is 860 g/mol. The number of benzene rings is 10. The van der Waals surface area contributed by atoms with Gasteiger partial charge >= 0.3 is 0 Å². The highest BCUT2D eigenvalue weighted by atomic mass is 32.2. The Hall–Kier alpha value is -7.43. The lowest BCUT2D eigenvalue weighted by Gasteiger charge is -2.48. The molecule has 10 aromatic rings. The van der Waals surface area contributed by atoms with Crippen LogP contribution in [0.1, 0.15) is 44.5 Å². The molecule has 1 nitrogen and oxygen atoms in total. The zero-order valence-corrected chi connectivity index (χ0v) is 37.4. The topological polar surface area (TPSA) is 3.24 Å². The fourth-order valence-corrected chi connectivity index (χ4v) is 15.9. The lowest BCUT2D eigenvalue weighted by atomic mass is 9.64. The highest BCUT2D eigenvalue weighted by Gasteiger charge is 2.51. The molecule has 3 heteroatoms. The number of fused-ring (bicyclic) bond motifs is 11. The maximum Gasteiger partial charge on any atom is 0.155 e. The Labute approximate surface area is 387 Å². The minimum atomic E-state index is -1.50. The summed E-state index contributed by atoms with van der Waals surface area (Å²) in [5.41, 5.74) is 15.6. The molecule has 2 aliphatic heterocycles. The Morgan fingerprint density at radius 1 is 0.308 bits per heavy atom. The molecule has 0 fully saturated rings. The molecule has 0 saturated heterocycles. The SMILES string of the molecule is c1ccc(N(c2ccc3c(c2)[Si](c2ccccc2)c2ccccc2C32c3ccccc3Sc3ccccc32)c2ccc3c(c2)C(c2ccccc2)(c2ccccc2)c2ccccc2-3)cc1. The standard InChI is InChI=1S/C62H42NSSi/c1-5-21-43(22-6-1)61(44-23-7-2-8-24-44)51-30-14-13-29-49(51)50-39-37-46(41-56(50)61)63(45-25-9-3-10-26-45)47-38-40-55-60(42-47)65(48-27-11-4-12-28-48)59-36-20-17-33-54(59)62(55)52-31-15-18-34-57(52)64-58-35-19-16-32-53(58)62/h1-42H. The average Bonchev–Trinajstić information content (AvgIpc) is 3.68. The Kier molecular flexibility index (Phi) is 8.84. The van der Waals surface area contributed by atoms with Crippen molar-refractivity contribution in [2.75, 3.05) is 4.90 Å². The first-order valence-electron chi connectivity index (χ1n) is 22.5. The fourth-order valence-electron chi connectivity index (χ4n) is 11.6. The van der Waals surface area contributed by atoms with Crippen molar-refractivity contribution in [2.45, 2.75) is 20.6 Å². The van der Waals surface area contributed by atoms with Crippen LogP contribution in [-0.2, 0) is 10.8 Å². The van der Waals surface area contributed by atoms with Crippen LogP contribution >= 0.6 is 11.8 Å². The zero-order chi connectivity index (χ0) is 43.0. The molecule has 13 rings (SSSR count). The van der Waals surface area contributed by atoms with Gasteiger partial charge in [-0.2, -0.15) is 0 Å². The normalized spacial score (nSPS) is 14.6. The molecule has 1 radical (unpaired) electrons. The second-order valence-electron chi connectivity index (χ2n) is 17.3. The molecule has 0 unspecified atom stereocenters. The van der Waals surface area contributed by atoms with Crippen molar-refractivity contribution in [2.24, 2.45) is 0 Å². The first-order chi connectivity index (χ1) is 32.3. The molecule has 0 atom stereocenters. The average molecular weight is 861 g/mol. The van der Waals surface area contributed by atoms with Gasteiger partial charge in [-0.1, -0.05) is 223 Å². The van der Waals surface area contributed by atoms with Gasteiger partial charge in [0.05, 0.1) is 10.8 Å². The van der Waals surface area contributed by atoms with Crippen molar-refractivity contribution in [3.63, 3.8) is 0 Å². The molecule has 2 heterocycles. The molecule has 0 N–H and O–H groups in total. The van der Waals surface area contributed by atoms with Gasteiger partial charge in [-0.3, -0.25) is 0 Å². The van der Waals surface area contributed by atoms with Crippen LogP contribution < -0.4 is 20.5 Å². The molecule has 305 valence electrons. The molecule has 0 aromatic heterocycles. The summed E-state index contributed by atoms with van der Waals surface area (Å²) in [7, 11) is -1.50. The molecule has 1 aliphatic carbocycles. The summed E-state index contributed by atoms with van der Waals surface area (Å²) in [6.45, 7) is 0. The third kappa shape index (κ3) is 5.53. The largest absolute Gasteiger partial charge is 0.310 e. The second-order valence-corrected chi connectivity index (χ2v) is 20.8. The summed E-state index contributed by atoms with van der Waals surface area (Å²) >= 11 is 1.90. The van der Waals surface area contributed by atoms with E-state index in [4.69, 9.17) is 0 Å². The van der Waals surface area contributed by atoms with Crippen molar-refractivity contribution >= 4 is 53.2 Å². The summed E-state index contributed by atoms with van der Waals surface area (Å²) in [5.74, 6) is 0. The van der Waals surface area contributed by atoms with Gasteiger partial charge in [0.2, 0.25) is 0 Å². The summed E-state index contributed by atoms with van der Waals surface area (Å²) in [5, 5.41) is 4.26. The minimum absolute atomic E-state index is 0.492. The Bertz CT molecular complexity index is 3340. The van der Waals surface area contributed by atoms with Crippen molar-refractivity contribution < 1.29 is 0 Å². The first kappa shape index (κ1) is 38.1. The number of nitrogens with zero attached hydrogens (tertiary/aromatic N) is 1. The highest BCUT2D eigenvalue weighted by Crippen LogP contribution is 2.59. The zero-order valence-electron chi connectivity index (χ0n) is 35.6. The molecule has 0 bridgehead atoms. The third-order valence-corrected chi connectivity index (χ3v) is 18.1. The Morgan fingerprint density at radius 3 is 1.45 bits per heavy atom. The summed E-state index contributed by atoms with van der Waals surface area (Å²) in [4.78, 5) is 5.13. The van der Waals surface area contributed by atoms with E-state index in [9.17, 15) is 0 Å². The number of anilines is 3. The summed E-state index contributed by atoms with van der Waals surface area (Å²) in [6.07, 6.45) is 0. The van der Waals surface area contributed by atoms with Gasteiger partial charge < -0.3 is 4.90 Å². The molecule has 65 heavy (non-hydrogen) atoms. The van der Waals surface area contributed by atoms with E-state index in [1.54, 1.807) is 0 Å². The molecule has 3 aliphatic rings. The predicted octanol–water partition coefficient (Wildman–Crippen LogP) is 13.2. The molecule has 0 saturated carbocycles. The lowest BCUT2D eigenvalue weighted by molar-refractivity contribution is 0.708. The van der Waals surface area contributed by atoms with E-state index in [2.05, 4.69) is 260 Å². The van der Waals surface area contributed by atoms with Gasteiger partial charge in [0, 0.05) is 26.9 Å². The van der Waals surface area contributed by atoms with E-state index in [-0.39, 0.29) is 0 Å². The molecular formula is C62H42NSSi. The third-order valence-electron chi connectivity index (χ3n) is 14.1. The quantitative estimate of drug-likeness (QED) is 0.153. The van der Waals surface area contributed by atoms with Crippen molar-refractivity contribution in [1.29, 1.82) is 0 Å². The second kappa shape index (κ2) is 15.1. The van der Waals surface area contributed by atoms with Crippen LogP contribution in [0.3, 0.4) is 0 Å². The number of para-hydroxylation sites is 1. The molecule has 10 aromatic carbocycles. The van der Waals surface area contributed by atoms with Gasteiger partial charge in [-0.15, -0.1) is 0 Å². The van der Waals surface area contributed by atoms with E-state index in [1.165, 1.54) is 81.0 Å². The van der Waals surface area contributed by atoms with Crippen LogP contribution in [0.15, 0.2) is 265 Å². The van der Waals surface area contributed by atoms with Crippen molar-refractivity contribution in [3.05, 3.63) is 299 Å². The van der Waals surface area contributed by atoms with Crippen LogP contribution in [0, 0.1) is 0 Å². The van der Waals surface area contributed by atoms with Gasteiger partial charge in [0.1, 0.15) is 0 Å². The predicted molar refractivity (Wildman–Crippen MR) is 272 cm³/mol. The minimum Gasteiger partial charge on any atom is -0.310 e. The van der Waals surface area contributed by atoms with E-state index in [0.717, 1.165) is 17.1 Å². The van der Waals surface area contributed by atoms with Crippen LogP contribution in [0.2, 0.25) is 0 Å². The van der Waals surface area contributed by atoms with Crippen molar-refractivity contribution in [1.82, 2.24) is 0 Å². The fraction of sp³-hybridized carbons (Fsp3) is 0.0323. The van der Waals surface area contributed by atoms with Crippen LogP contribution in [0.4, 0.5) is 17.1 Å². The van der Waals surface area contributed by atoms with Crippen LogP contribution in [0.5, 0.6) is 0 Å². The molecule has 0 amide bonds. The van der Waals surface area contributed by atoms with Gasteiger partial charge in [0.25, 0.3) is 0 Å². The highest BCUT2D eigenvalue weighted by molar-refractivity contribution is 7.99. The maximum atomic E-state index is 2.57. The number of rotatable bonds is 6. The van der Waals surface area contributed by atoms with Gasteiger partial charge in [-0.05, 0) is 115 Å². The van der Waals surface area contributed by atoms with E-state index in [0.29, 0.717) is 0 Å². The van der Waals surface area contributed by atoms with Crippen LogP contribution in [0.25, 0.3) is 11.1 Å².